The number of aromatic nitrogens is 1. The molecule has 4 aromatic carbocycles. The Hall–Kier alpha value is -6.96. The maximum Gasteiger partial charge on any atom is 0.253 e. The summed E-state index contributed by atoms with van der Waals surface area (Å²) in [5, 5.41) is 6.32. The summed E-state index contributed by atoms with van der Waals surface area (Å²) in [5.74, 6) is -0.965. The van der Waals surface area contributed by atoms with E-state index in [9.17, 15) is 22.8 Å². The molecule has 76 heavy (non-hydrogen) atoms. The van der Waals surface area contributed by atoms with Crippen molar-refractivity contribution < 1.29 is 41.8 Å². The molecule has 410 valence electrons. The van der Waals surface area contributed by atoms with Gasteiger partial charge in [-0.15, -0.1) is 0 Å². The number of guanidine groups is 1. The highest BCUT2D eigenvalue weighted by Crippen LogP contribution is 2.42. The number of fused-ring (bicyclic) bond motifs is 2. The summed E-state index contributed by atoms with van der Waals surface area (Å²) in [5.41, 5.74) is 27.3. The minimum absolute atomic E-state index is 0.0187. The van der Waals surface area contributed by atoms with Gasteiger partial charge in [-0.05, 0) is 184 Å². The van der Waals surface area contributed by atoms with E-state index in [2.05, 4.69) is 20.3 Å². The number of nitrogens with two attached hydrogens (primary N) is 4. The molecule has 5 aromatic rings. The van der Waals surface area contributed by atoms with Crippen molar-refractivity contribution in [1.29, 1.82) is 0 Å². The molecule has 0 spiro atoms. The molecule has 3 amide bonds. The molecule has 1 aliphatic rings. The number of carbonyl (C=O) groups is 4. The van der Waals surface area contributed by atoms with E-state index in [1.165, 1.54) is 10.8 Å². The lowest BCUT2D eigenvalue weighted by atomic mass is 9.88. The van der Waals surface area contributed by atoms with E-state index in [1.54, 1.807) is 62.4 Å². The van der Waals surface area contributed by atoms with Crippen molar-refractivity contribution in [2.45, 2.75) is 167 Å². The number of ether oxygens (including phenoxy) is 3. The lowest BCUT2D eigenvalue weighted by Gasteiger charge is -2.35. The molecule has 1 aromatic heterocycles. The van der Waals surface area contributed by atoms with Crippen molar-refractivity contribution in [3.05, 3.63) is 118 Å². The summed E-state index contributed by atoms with van der Waals surface area (Å²) in [4.78, 5) is 61.1. The Balaban J connectivity index is 1.30. The van der Waals surface area contributed by atoms with Crippen LogP contribution in [0.15, 0.2) is 88.9 Å². The second-order valence-electron chi connectivity index (χ2n) is 22.3. The van der Waals surface area contributed by atoms with Crippen molar-refractivity contribution in [1.82, 2.24) is 19.9 Å². The van der Waals surface area contributed by atoms with Gasteiger partial charge in [-0.1, -0.05) is 42.5 Å². The summed E-state index contributed by atoms with van der Waals surface area (Å²) < 4.78 is 51.1. The zero-order valence-corrected chi connectivity index (χ0v) is 46.6. The fourth-order valence-corrected chi connectivity index (χ4v) is 11.2. The van der Waals surface area contributed by atoms with E-state index < -0.39 is 74.6 Å². The molecular formula is C57H77N9O9S. The Kier molecular flexibility index (Phi) is 18.0. The second kappa shape index (κ2) is 23.5. The number of nitrogens with zero attached hydrogens (tertiary/aromatic N) is 2. The lowest BCUT2D eigenvalue weighted by Crippen LogP contribution is -2.56. The van der Waals surface area contributed by atoms with Crippen LogP contribution in [0.4, 0.5) is 0 Å². The first-order valence-electron chi connectivity index (χ1n) is 25.7. The first kappa shape index (κ1) is 58.3. The van der Waals surface area contributed by atoms with Crippen LogP contribution in [0.3, 0.4) is 0 Å². The normalized spacial score (nSPS) is 15.1. The number of hydrogen-bond acceptors (Lipinski definition) is 11. The Morgan fingerprint density at radius 3 is 1.88 bits per heavy atom. The van der Waals surface area contributed by atoms with Crippen LogP contribution in [0, 0.1) is 20.8 Å². The van der Waals surface area contributed by atoms with Gasteiger partial charge in [-0.25, -0.2) is 8.42 Å². The quantitative estimate of drug-likeness (QED) is 0.0258. The van der Waals surface area contributed by atoms with E-state index in [-0.39, 0.29) is 49.5 Å². The molecule has 6 rings (SSSR count). The first-order chi connectivity index (χ1) is 35.4. The van der Waals surface area contributed by atoms with Crippen LogP contribution in [0.2, 0.25) is 0 Å². The van der Waals surface area contributed by atoms with Crippen molar-refractivity contribution in [3.8, 4) is 17.2 Å². The summed E-state index contributed by atoms with van der Waals surface area (Å²) in [7, 11) is -4.36. The van der Waals surface area contributed by atoms with Crippen LogP contribution >= 0.6 is 0 Å². The van der Waals surface area contributed by atoms with Crippen molar-refractivity contribution >= 4 is 50.5 Å². The fourth-order valence-electron chi connectivity index (χ4n) is 9.38. The SMILES string of the molecule is Cc1c(C)c(S(=O)(=O)N[C@@H](Cc2cn(C(=O)[C@H](CCCN=C(N)N)NC(=O)[C@H](Cc3ccc(OC(C)(C)C)cc3)NC(=O)[C@@H](N)Cc3ccc(OC(C)(C)C)cc3)c3ccccc23)C(N)=O)c(C)c2c1OC(C)(C)CC2. The van der Waals surface area contributed by atoms with Gasteiger partial charge in [0.15, 0.2) is 5.96 Å². The second-order valence-corrected chi connectivity index (χ2v) is 24.0. The Morgan fingerprint density at radius 1 is 0.750 bits per heavy atom. The third-order valence-corrected chi connectivity index (χ3v) is 14.9. The monoisotopic (exact) mass is 1060 g/mol. The van der Waals surface area contributed by atoms with Crippen LogP contribution in [-0.4, -0.2) is 90.1 Å². The number of para-hydroxylation sites is 1. The van der Waals surface area contributed by atoms with Crippen LogP contribution in [0.25, 0.3) is 10.9 Å². The first-order valence-corrected chi connectivity index (χ1v) is 27.1. The number of aliphatic imine (C=N–C) groups is 1. The number of sulfonamides is 1. The molecule has 4 atom stereocenters. The highest BCUT2D eigenvalue weighted by atomic mass is 32.2. The molecule has 0 bridgehead atoms. The molecule has 0 saturated heterocycles. The largest absolute Gasteiger partial charge is 0.488 e. The summed E-state index contributed by atoms with van der Waals surface area (Å²) >= 11 is 0. The number of rotatable bonds is 21. The van der Waals surface area contributed by atoms with Gasteiger partial charge in [0.2, 0.25) is 27.7 Å². The summed E-state index contributed by atoms with van der Waals surface area (Å²) in [6, 6.07) is 16.4. The molecule has 1 aliphatic heterocycles. The molecule has 0 fully saturated rings. The zero-order chi connectivity index (χ0) is 56.1. The van der Waals surface area contributed by atoms with Crippen molar-refractivity contribution in [2.75, 3.05) is 6.54 Å². The number of nitrogens with one attached hydrogen (secondary N) is 3. The number of carbonyl (C=O) groups excluding carboxylic acids is 4. The number of amides is 3. The van der Waals surface area contributed by atoms with Crippen LogP contribution in [0.5, 0.6) is 17.2 Å². The Morgan fingerprint density at radius 2 is 1.32 bits per heavy atom. The number of primary amides is 1. The molecule has 0 unspecified atom stereocenters. The average molecular weight is 1060 g/mol. The minimum atomic E-state index is -4.36. The van der Waals surface area contributed by atoms with Crippen LogP contribution in [0.1, 0.15) is 118 Å². The van der Waals surface area contributed by atoms with Gasteiger partial charge in [-0.3, -0.25) is 28.7 Å². The minimum Gasteiger partial charge on any atom is -0.488 e. The van der Waals surface area contributed by atoms with Crippen LogP contribution in [-0.2, 0) is 50.1 Å². The molecule has 2 heterocycles. The summed E-state index contributed by atoms with van der Waals surface area (Å²) in [6.07, 6.45) is 3.08. The van der Waals surface area contributed by atoms with Crippen molar-refractivity contribution in [2.24, 2.45) is 27.9 Å². The third kappa shape index (κ3) is 15.1. The Labute approximate surface area is 447 Å². The van der Waals surface area contributed by atoms with Gasteiger partial charge in [0.1, 0.15) is 52.2 Å². The maximum atomic E-state index is 15.0. The van der Waals surface area contributed by atoms with Gasteiger partial charge < -0.3 is 47.8 Å². The maximum absolute atomic E-state index is 15.0. The van der Waals surface area contributed by atoms with Gasteiger partial charge in [0, 0.05) is 24.5 Å². The predicted molar refractivity (Wildman–Crippen MR) is 296 cm³/mol. The molecular weight excluding hydrogens is 987 g/mol. The molecule has 0 saturated carbocycles. The van der Waals surface area contributed by atoms with E-state index >= 15 is 4.79 Å². The Bertz CT molecular complexity index is 3080. The average Bonchev–Trinajstić information content (AvgIpc) is 3.68. The third-order valence-electron chi connectivity index (χ3n) is 13.2. The molecule has 19 heteroatoms. The zero-order valence-electron chi connectivity index (χ0n) is 45.8. The number of hydrogen-bond donors (Lipinski definition) is 7. The molecule has 0 aliphatic carbocycles. The standard InChI is InChI=1S/C57H77N9O9S/c1-33-34(2)49(35(3)41-26-27-57(10,11)75-48(33)41)76(71,72)65-45(50(59)67)31-38-32-66(47-17-13-12-15-42(38)47)53(70)44(16-14-28-62-54(60)61)63-52(69)46(30-37-20-24-40(25-21-37)74-56(7,8)9)64-51(68)43(58)29-36-18-22-39(23-19-36)73-55(4,5)6/h12-13,15,17-25,32,43-46,65H,14,16,26-31,58H2,1-11H3,(H2,59,67)(H,63,69)(H,64,68)(H4,60,61,62)/t43-,44-,45-,46-/m0/s1. The summed E-state index contributed by atoms with van der Waals surface area (Å²) in [6.45, 7) is 21.0. The van der Waals surface area contributed by atoms with Gasteiger partial charge >= 0.3 is 0 Å². The lowest BCUT2D eigenvalue weighted by molar-refractivity contribution is -0.129. The smallest absolute Gasteiger partial charge is 0.253 e. The topological polar surface area (TPSA) is 288 Å². The van der Waals surface area contributed by atoms with Gasteiger partial charge in [0.25, 0.3) is 5.91 Å². The van der Waals surface area contributed by atoms with E-state index in [1.807, 2.05) is 86.6 Å². The van der Waals surface area contributed by atoms with Gasteiger partial charge in [0.05, 0.1) is 16.5 Å². The van der Waals surface area contributed by atoms with Crippen LogP contribution < -0.4 is 52.5 Å². The highest BCUT2D eigenvalue weighted by Gasteiger charge is 2.36. The molecule has 11 N–H and O–H groups in total. The molecule has 0 radical (unpaired) electrons. The predicted octanol–water partition coefficient (Wildman–Crippen LogP) is 5.88. The van der Waals surface area contributed by atoms with E-state index in [4.69, 9.17) is 37.1 Å². The fraction of sp³-hybridized carbons (Fsp3) is 0.456. The van der Waals surface area contributed by atoms with E-state index in [0.717, 1.165) is 11.1 Å². The van der Waals surface area contributed by atoms with E-state index in [0.29, 0.717) is 68.8 Å². The van der Waals surface area contributed by atoms with Gasteiger partial charge in [-0.2, -0.15) is 4.72 Å². The highest BCUT2D eigenvalue weighted by molar-refractivity contribution is 7.89. The molecule has 18 nitrogen and oxygen atoms in total. The number of benzene rings is 4. The van der Waals surface area contributed by atoms with Crippen molar-refractivity contribution in [3.63, 3.8) is 0 Å².